The van der Waals surface area contributed by atoms with E-state index < -0.39 is 5.97 Å². The van der Waals surface area contributed by atoms with Gasteiger partial charge in [-0.1, -0.05) is 19.1 Å². The zero-order chi connectivity index (χ0) is 14.8. The van der Waals surface area contributed by atoms with E-state index in [-0.39, 0.29) is 6.42 Å². The normalized spacial score (nSPS) is 11.1. The van der Waals surface area contributed by atoms with Crippen LogP contribution in [0.5, 0.6) is 0 Å². The van der Waals surface area contributed by atoms with Crippen molar-refractivity contribution in [2.45, 2.75) is 26.3 Å². The molecule has 108 valence electrons. The maximum Gasteiger partial charge on any atom is 0.305 e. The molecule has 3 rings (SSSR count). The second kappa shape index (κ2) is 5.69. The first kappa shape index (κ1) is 13.8. The van der Waals surface area contributed by atoms with E-state index in [0.717, 1.165) is 28.2 Å². The van der Waals surface area contributed by atoms with Crippen LogP contribution < -0.4 is 0 Å². The highest BCUT2D eigenvalue weighted by molar-refractivity contribution is 7.13. The topological polar surface area (TPSA) is 55.1 Å². The number of imidazole rings is 1. The van der Waals surface area contributed by atoms with E-state index in [1.807, 2.05) is 28.8 Å². The van der Waals surface area contributed by atoms with E-state index in [1.165, 1.54) is 5.56 Å². The van der Waals surface area contributed by atoms with Gasteiger partial charge in [0.25, 0.3) is 0 Å². The number of aliphatic carboxylic acids is 1. The molecular formula is C16H16N2O2S. The minimum absolute atomic E-state index is 0.0974. The molecule has 21 heavy (non-hydrogen) atoms. The lowest BCUT2D eigenvalue weighted by atomic mass is 10.2. The van der Waals surface area contributed by atoms with E-state index in [2.05, 4.69) is 18.4 Å². The average Bonchev–Trinajstić information content (AvgIpc) is 3.08. The Kier molecular flexibility index (Phi) is 3.75. The molecule has 0 atom stereocenters. The lowest BCUT2D eigenvalue weighted by Gasteiger charge is -2.08. The summed E-state index contributed by atoms with van der Waals surface area (Å²) in [4.78, 5) is 16.8. The van der Waals surface area contributed by atoms with Gasteiger partial charge in [-0.2, -0.15) is 0 Å². The van der Waals surface area contributed by atoms with Crippen LogP contribution in [0.25, 0.3) is 21.7 Å². The number of carbonyl (C=O) groups is 1. The highest BCUT2D eigenvalue weighted by atomic mass is 32.1. The molecule has 0 bridgehead atoms. The fraction of sp³-hybridized carbons (Fsp3) is 0.250. The number of hydrogen-bond acceptors (Lipinski definition) is 3. The van der Waals surface area contributed by atoms with Crippen molar-refractivity contribution < 1.29 is 9.90 Å². The number of rotatable bonds is 5. The van der Waals surface area contributed by atoms with E-state index in [4.69, 9.17) is 10.1 Å². The number of aryl methyl sites for hydroxylation is 2. The predicted molar refractivity (Wildman–Crippen MR) is 84.7 cm³/mol. The molecule has 5 heteroatoms. The number of fused-ring (bicyclic) bond motifs is 1. The Balaban J connectivity index is 2.16. The molecule has 0 radical (unpaired) electrons. The molecule has 1 N–H and O–H groups in total. The van der Waals surface area contributed by atoms with Crippen molar-refractivity contribution >= 4 is 28.3 Å². The van der Waals surface area contributed by atoms with Crippen LogP contribution in [0.4, 0.5) is 0 Å². The number of benzene rings is 1. The zero-order valence-electron chi connectivity index (χ0n) is 11.7. The summed E-state index contributed by atoms with van der Waals surface area (Å²) in [5, 5.41) is 11.0. The number of para-hydroxylation sites is 2. The van der Waals surface area contributed by atoms with Crippen LogP contribution in [0.1, 0.15) is 18.9 Å². The van der Waals surface area contributed by atoms with Gasteiger partial charge in [-0.05, 0) is 35.6 Å². The molecule has 0 spiro atoms. The standard InChI is InChI=1S/C16H16N2O2S/c1-2-11-8-10-21-15(11)16-17-12-5-3-4-6-13(12)18(16)9-7-14(19)20/h3-6,8,10H,2,7,9H2,1H3,(H,19,20). The van der Waals surface area contributed by atoms with Crippen molar-refractivity contribution in [3.8, 4) is 10.7 Å². The largest absolute Gasteiger partial charge is 0.481 e. The number of hydrogen-bond donors (Lipinski definition) is 1. The third-order valence-electron chi connectivity index (χ3n) is 3.53. The van der Waals surface area contributed by atoms with Gasteiger partial charge in [0.1, 0.15) is 0 Å². The average molecular weight is 300 g/mol. The minimum atomic E-state index is -0.791. The van der Waals surface area contributed by atoms with Gasteiger partial charge in [0.2, 0.25) is 0 Å². The molecular weight excluding hydrogens is 284 g/mol. The summed E-state index contributed by atoms with van der Waals surface area (Å²) < 4.78 is 2.02. The second-order valence-corrected chi connectivity index (χ2v) is 5.76. The van der Waals surface area contributed by atoms with Crippen LogP contribution >= 0.6 is 11.3 Å². The van der Waals surface area contributed by atoms with Gasteiger partial charge in [-0.3, -0.25) is 4.79 Å². The van der Waals surface area contributed by atoms with Gasteiger partial charge in [-0.15, -0.1) is 11.3 Å². The van der Waals surface area contributed by atoms with Crippen molar-refractivity contribution in [3.05, 3.63) is 41.3 Å². The monoisotopic (exact) mass is 300 g/mol. The predicted octanol–water partition coefficient (Wildman–Crippen LogP) is 3.80. The summed E-state index contributed by atoms with van der Waals surface area (Å²) in [5.74, 6) is 0.0879. The molecule has 0 amide bonds. The summed E-state index contributed by atoms with van der Waals surface area (Å²) in [6.45, 7) is 2.56. The quantitative estimate of drug-likeness (QED) is 0.779. The van der Waals surface area contributed by atoms with Gasteiger partial charge >= 0.3 is 5.97 Å². The molecule has 0 aliphatic heterocycles. The molecule has 4 nitrogen and oxygen atoms in total. The molecule has 0 fully saturated rings. The third kappa shape index (κ3) is 2.56. The molecule has 0 aliphatic rings. The van der Waals surface area contributed by atoms with E-state index in [9.17, 15) is 4.79 Å². The number of thiophene rings is 1. The molecule has 1 aromatic carbocycles. The highest BCUT2D eigenvalue weighted by Gasteiger charge is 2.16. The molecule has 2 aromatic heterocycles. The van der Waals surface area contributed by atoms with Gasteiger partial charge < -0.3 is 9.67 Å². The second-order valence-electron chi connectivity index (χ2n) is 4.85. The van der Waals surface area contributed by atoms with Crippen molar-refractivity contribution in [2.24, 2.45) is 0 Å². The third-order valence-corrected chi connectivity index (χ3v) is 4.49. The SMILES string of the molecule is CCc1ccsc1-c1nc2ccccc2n1CCC(=O)O. The maximum atomic E-state index is 10.9. The fourth-order valence-corrected chi connectivity index (χ4v) is 3.49. The van der Waals surface area contributed by atoms with Crippen molar-refractivity contribution in [3.63, 3.8) is 0 Å². The van der Waals surface area contributed by atoms with Crippen LogP contribution in [0.2, 0.25) is 0 Å². The smallest absolute Gasteiger partial charge is 0.305 e. The number of carboxylic acids is 1. The van der Waals surface area contributed by atoms with Crippen LogP contribution in [-0.4, -0.2) is 20.6 Å². The highest BCUT2D eigenvalue weighted by Crippen LogP contribution is 2.32. The fourth-order valence-electron chi connectivity index (χ4n) is 2.49. The van der Waals surface area contributed by atoms with Crippen LogP contribution in [0, 0.1) is 0 Å². The van der Waals surface area contributed by atoms with E-state index in [1.54, 1.807) is 11.3 Å². The summed E-state index contributed by atoms with van der Waals surface area (Å²) in [5.41, 5.74) is 3.16. The Labute approximate surface area is 126 Å². The lowest BCUT2D eigenvalue weighted by molar-refractivity contribution is -0.137. The summed E-state index contributed by atoms with van der Waals surface area (Å²) in [6, 6.07) is 9.99. The number of carboxylic acid groups (broad SMARTS) is 1. The maximum absolute atomic E-state index is 10.9. The van der Waals surface area contributed by atoms with Crippen molar-refractivity contribution in [1.29, 1.82) is 0 Å². The minimum Gasteiger partial charge on any atom is -0.481 e. The van der Waals surface area contributed by atoms with Gasteiger partial charge in [-0.25, -0.2) is 4.98 Å². The van der Waals surface area contributed by atoms with Crippen LogP contribution in [0.3, 0.4) is 0 Å². The van der Waals surface area contributed by atoms with Gasteiger partial charge in [0, 0.05) is 6.54 Å². The van der Waals surface area contributed by atoms with Crippen molar-refractivity contribution in [2.75, 3.05) is 0 Å². The summed E-state index contributed by atoms with van der Waals surface area (Å²) in [6.07, 6.45) is 1.04. The summed E-state index contributed by atoms with van der Waals surface area (Å²) >= 11 is 1.66. The molecule has 3 aromatic rings. The first-order chi connectivity index (χ1) is 10.2. The Hall–Kier alpha value is -2.14. The Bertz CT molecular complexity index is 789. The van der Waals surface area contributed by atoms with Gasteiger partial charge in [0.15, 0.2) is 5.82 Å². The lowest BCUT2D eigenvalue weighted by Crippen LogP contribution is -2.06. The Morgan fingerprint density at radius 2 is 2.14 bits per heavy atom. The first-order valence-corrected chi connectivity index (χ1v) is 7.82. The summed E-state index contributed by atoms with van der Waals surface area (Å²) in [7, 11) is 0. The number of nitrogens with zero attached hydrogens (tertiary/aromatic N) is 2. The molecule has 0 saturated carbocycles. The Morgan fingerprint density at radius 1 is 1.33 bits per heavy atom. The van der Waals surface area contributed by atoms with E-state index >= 15 is 0 Å². The van der Waals surface area contributed by atoms with Crippen LogP contribution in [0.15, 0.2) is 35.7 Å². The molecule has 0 unspecified atom stereocenters. The number of aromatic nitrogens is 2. The molecule has 0 saturated heterocycles. The first-order valence-electron chi connectivity index (χ1n) is 6.94. The van der Waals surface area contributed by atoms with Crippen LogP contribution in [-0.2, 0) is 17.8 Å². The van der Waals surface area contributed by atoms with Crippen molar-refractivity contribution in [1.82, 2.24) is 9.55 Å². The van der Waals surface area contributed by atoms with Gasteiger partial charge in [0.05, 0.1) is 22.3 Å². The molecule has 0 aliphatic carbocycles. The van der Waals surface area contributed by atoms with E-state index in [0.29, 0.717) is 6.54 Å². The zero-order valence-corrected chi connectivity index (χ0v) is 12.6. The Morgan fingerprint density at radius 3 is 2.90 bits per heavy atom. The molecule has 2 heterocycles.